The van der Waals surface area contributed by atoms with E-state index < -0.39 is 42.1 Å². The average molecular weight is 579 g/mol. The fourth-order valence-corrected chi connectivity index (χ4v) is 6.48. The first-order valence-corrected chi connectivity index (χ1v) is 14.0. The summed E-state index contributed by atoms with van der Waals surface area (Å²) in [4.78, 5) is 31.6. The van der Waals surface area contributed by atoms with Gasteiger partial charge in [0.15, 0.2) is 11.3 Å². The van der Waals surface area contributed by atoms with Gasteiger partial charge in [0, 0.05) is 20.2 Å². The molecule has 2 N–H and O–H groups in total. The number of aromatic nitrogens is 5. The Bertz CT molecular complexity index is 1470. The van der Waals surface area contributed by atoms with E-state index in [2.05, 4.69) is 39.7 Å². The van der Waals surface area contributed by atoms with Crippen LogP contribution in [0, 0.1) is 11.8 Å². The number of nitrogens with one attached hydrogen (secondary N) is 2. The van der Waals surface area contributed by atoms with Crippen molar-refractivity contribution in [1.82, 2.24) is 29.7 Å². The lowest BCUT2D eigenvalue weighted by atomic mass is 9.80. The van der Waals surface area contributed by atoms with Crippen LogP contribution >= 0.6 is 0 Å². The van der Waals surface area contributed by atoms with Crippen LogP contribution in [0.1, 0.15) is 88.7 Å². The van der Waals surface area contributed by atoms with Crippen LogP contribution < -0.4 is 15.5 Å². The first kappa shape index (κ1) is 27.5. The van der Waals surface area contributed by atoms with Gasteiger partial charge in [-0.25, -0.2) is 31.9 Å². The molecular formula is C27H34F4N8O2. The fourth-order valence-electron chi connectivity index (χ4n) is 6.48. The Kier molecular flexibility index (Phi) is 6.89. The third-order valence-electron chi connectivity index (χ3n) is 8.80. The summed E-state index contributed by atoms with van der Waals surface area (Å²) in [6.45, 7) is 4.37. The van der Waals surface area contributed by atoms with Crippen molar-refractivity contribution in [2.24, 2.45) is 11.8 Å². The molecule has 0 unspecified atom stereocenters. The van der Waals surface area contributed by atoms with Crippen molar-refractivity contribution in [2.45, 2.75) is 89.3 Å². The molecule has 3 fully saturated rings. The molecule has 0 spiro atoms. The van der Waals surface area contributed by atoms with E-state index in [-0.39, 0.29) is 43.0 Å². The highest BCUT2D eigenvalue weighted by Gasteiger charge is 2.55. The Labute approximate surface area is 235 Å². The SMILES string of the molecule is CC(C)C1CCC(n2cc(NC(=O)c3cnn4ccc(N5C(=O)N[C@@H]6[C@H]5CCCC6(F)F)nc34)c(C(F)F)n2)CC1.[HH]. The standard InChI is InChI=1S/C27H32F4N8O2.H2/c1-14(2)15-5-7-16(8-6-15)38-13-18(21(36-38)23(28)29)33-25(40)17-12-32-37-11-9-20(34-24(17)37)39-19-4-3-10-27(30,31)22(19)35-26(39)41;/h9,11-16,19,22-23H,3-8,10H2,1-2H3,(H,33,40)(H,35,41);1H/t15?,16?,19-,22-;/m1./s1. The number of carbonyl (C=O) groups excluding carboxylic acids is 2. The summed E-state index contributed by atoms with van der Waals surface area (Å²) in [6, 6.07) is -1.39. The maximum Gasteiger partial charge on any atom is 0.323 e. The zero-order chi connectivity index (χ0) is 29.1. The number of alkyl halides is 4. The van der Waals surface area contributed by atoms with Crippen LogP contribution in [0.2, 0.25) is 0 Å². The van der Waals surface area contributed by atoms with E-state index in [1.54, 1.807) is 0 Å². The highest BCUT2D eigenvalue weighted by molar-refractivity contribution is 6.08. The number of hydrogen-bond acceptors (Lipinski definition) is 5. The smallest absolute Gasteiger partial charge is 0.323 e. The highest BCUT2D eigenvalue weighted by Crippen LogP contribution is 2.41. The zero-order valence-electron chi connectivity index (χ0n) is 22.7. The Hall–Kier alpha value is -3.71. The molecule has 0 radical (unpaired) electrons. The zero-order valence-corrected chi connectivity index (χ0v) is 22.7. The molecule has 2 atom stereocenters. The van der Waals surface area contributed by atoms with Crippen molar-refractivity contribution in [2.75, 3.05) is 10.2 Å². The number of urea groups is 1. The third-order valence-corrected chi connectivity index (χ3v) is 8.80. The molecule has 0 aromatic carbocycles. The van der Waals surface area contributed by atoms with E-state index in [4.69, 9.17) is 0 Å². The van der Waals surface area contributed by atoms with E-state index in [0.717, 1.165) is 25.7 Å². The summed E-state index contributed by atoms with van der Waals surface area (Å²) in [5.74, 6) is -2.53. The lowest BCUT2D eigenvalue weighted by molar-refractivity contribution is -0.0595. The van der Waals surface area contributed by atoms with E-state index >= 15 is 0 Å². The number of fused-ring (bicyclic) bond motifs is 2. The van der Waals surface area contributed by atoms with E-state index in [9.17, 15) is 27.2 Å². The molecule has 6 rings (SSSR count). The first-order chi connectivity index (χ1) is 19.5. The normalized spacial score (nSPS) is 26.0. The van der Waals surface area contributed by atoms with Crippen molar-refractivity contribution in [3.63, 3.8) is 0 Å². The van der Waals surface area contributed by atoms with E-state index in [1.165, 1.54) is 38.8 Å². The average Bonchev–Trinajstić information content (AvgIpc) is 3.63. The molecule has 2 aliphatic carbocycles. The first-order valence-electron chi connectivity index (χ1n) is 14.0. The van der Waals surface area contributed by atoms with E-state index in [1.807, 2.05) is 0 Å². The number of hydrogen-bond donors (Lipinski definition) is 2. The summed E-state index contributed by atoms with van der Waals surface area (Å²) in [6.07, 6.45) is 5.17. The van der Waals surface area contributed by atoms with Gasteiger partial charge in [-0.15, -0.1) is 0 Å². The Morgan fingerprint density at radius 1 is 1.20 bits per heavy atom. The van der Waals surface area contributed by atoms with Crippen LogP contribution in [0.4, 0.5) is 33.9 Å². The molecule has 2 saturated carbocycles. The van der Waals surface area contributed by atoms with Gasteiger partial charge in [0.05, 0.1) is 24.0 Å². The molecule has 14 heteroatoms. The summed E-state index contributed by atoms with van der Waals surface area (Å²) < 4.78 is 59.6. The van der Waals surface area contributed by atoms with Gasteiger partial charge in [-0.3, -0.25) is 14.4 Å². The molecule has 1 saturated heterocycles. The van der Waals surface area contributed by atoms with Gasteiger partial charge in [-0.05, 0) is 56.4 Å². The second kappa shape index (κ2) is 10.3. The summed E-state index contributed by atoms with van der Waals surface area (Å²) >= 11 is 0. The molecule has 10 nitrogen and oxygen atoms in total. The number of carbonyl (C=O) groups is 2. The number of amides is 3. The summed E-state index contributed by atoms with van der Waals surface area (Å²) in [5, 5.41) is 13.2. The van der Waals surface area contributed by atoms with Gasteiger partial charge in [0.25, 0.3) is 18.3 Å². The van der Waals surface area contributed by atoms with Crippen molar-refractivity contribution in [1.29, 1.82) is 0 Å². The van der Waals surface area contributed by atoms with Gasteiger partial charge < -0.3 is 10.6 Å². The largest absolute Gasteiger partial charge is 0.327 e. The third kappa shape index (κ3) is 4.90. The Balaban J connectivity index is 0.00000353. The minimum Gasteiger partial charge on any atom is -0.327 e. The van der Waals surface area contributed by atoms with Crippen molar-refractivity contribution < 1.29 is 28.6 Å². The van der Waals surface area contributed by atoms with Gasteiger partial charge >= 0.3 is 6.03 Å². The highest BCUT2D eigenvalue weighted by atomic mass is 19.3. The van der Waals surface area contributed by atoms with Crippen LogP contribution in [-0.2, 0) is 0 Å². The molecule has 3 amide bonds. The van der Waals surface area contributed by atoms with Crippen LogP contribution in [0.25, 0.3) is 5.65 Å². The predicted molar refractivity (Wildman–Crippen MR) is 143 cm³/mol. The molecule has 222 valence electrons. The lowest BCUT2D eigenvalue weighted by Gasteiger charge is -2.34. The molecule has 3 aromatic rings. The second-order valence-corrected chi connectivity index (χ2v) is 11.6. The van der Waals surface area contributed by atoms with Crippen LogP contribution in [0.3, 0.4) is 0 Å². The fraction of sp³-hybridized carbons (Fsp3) is 0.593. The summed E-state index contributed by atoms with van der Waals surface area (Å²) in [7, 11) is 0. The molecule has 41 heavy (non-hydrogen) atoms. The lowest BCUT2D eigenvalue weighted by Crippen LogP contribution is -2.51. The van der Waals surface area contributed by atoms with Crippen molar-refractivity contribution >= 4 is 29.1 Å². The minimum atomic E-state index is -3.04. The van der Waals surface area contributed by atoms with Crippen LogP contribution in [0.15, 0.2) is 24.7 Å². The number of anilines is 2. The molecule has 0 bridgehead atoms. The summed E-state index contributed by atoms with van der Waals surface area (Å²) in [5.41, 5.74) is -0.593. The number of halogens is 4. The van der Waals surface area contributed by atoms with Gasteiger partial charge in [-0.2, -0.15) is 10.2 Å². The van der Waals surface area contributed by atoms with Gasteiger partial charge in [0.2, 0.25) is 0 Å². The van der Waals surface area contributed by atoms with Crippen molar-refractivity contribution in [3.8, 4) is 0 Å². The predicted octanol–water partition coefficient (Wildman–Crippen LogP) is 5.84. The second-order valence-electron chi connectivity index (χ2n) is 11.6. The van der Waals surface area contributed by atoms with Crippen molar-refractivity contribution in [3.05, 3.63) is 35.9 Å². The Morgan fingerprint density at radius 3 is 2.66 bits per heavy atom. The number of rotatable bonds is 6. The molecular weight excluding hydrogens is 544 g/mol. The van der Waals surface area contributed by atoms with Crippen LogP contribution in [0.5, 0.6) is 0 Å². The molecule has 4 heterocycles. The molecule has 3 aliphatic rings. The van der Waals surface area contributed by atoms with Gasteiger partial charge in [-0.1, -0.05) is 13.8 Å². The van der Waals surface area contributed by atoms with Gasteiger partial charge in [0.1, 0.15) is 17.4 Å². The maximum atomic E-state index is 14.5. The molecule has 3 aromatic heterocycles. The maximum absolute atomic E-state index is 14.5. The quantitative estimate of drug-likeness (QED) is 0.358. The number of nitrogens with zero attached hydrogens (tertiary/aromatic N) is 6. The van der Waals surface area contributed by atoms with Crippen LogP contribution in [-0.4, -0.2) is 54.3 Å². The topological polar surface area (TPSA) is 109 Å². The minimum absolute atomic E-state index is 0. The molecule has 1 aliphatic heterocycles. The monoisotopic (exact) mass is 578 g/mol. The Morgan fingerprint density at radius 2 is 1.95 bits per heavy atom. The van der Waals surface area contributed by atoms with E-state index in [0.29, 0.717) is 18.3 Å².